The third-order valence-electron chi connectivity index (χ3n) is 7.86. The van der Waals surface area contributed by atoms with E-state index in [-0.39, 0.29) is 35.4 Å². The molecule has 0 radical (unpaired) electrons. The lowest BCUT2D eigenvalue weighted by atomic mass is 9.95. The number of carbonyl (C=O) groups excluding carboxylic acids is 3. The van der Waals surface area contributed by atoms with Gasteiger partial charge in [0.05, 0.1) is 23.9 Å². The number of urea groups is 1. The van der Waals surface area contributed by atoms with E-state index in [0.717, 1.165) is 21.8 Å². The lowest BCUT2D eigenvalue weighted by molar-refractivity contribution is -0.124. The summed E-state index contributed by atoms with van der Waals surface area (Å²) in [5.74, 6) is -0.0513. The zero-order valence-electron chi connectivity index (χ0n) is 29.9. The van der Waals surface area contributed by atoms with Gasteiger partial charge in [0.25, 0.3) is 0 Å². The topological polar surface area (TPSA) is 113 Å². The minimum Gasteiger partial charge on any atom is -0.449 e. The maximum atomic E-state index is 13.8. The highest BCUT2D eigenvalue weighted by molar-refractivity contribution is 7.09. The maximum Gasteiger partial charge on any atom is 0.407 e. The fourth-order valence-corrected chi connectivity index (χ4v) is 6.01. The molecule has 9 nitrogen and oxygen atoms in total. The average molecular weight is 678 g/mol. The van der Waals surface area contributed by atoms with E-state index in [4.69, 9.17) is 4.74 Å². The van der Waals surface area contributed by atoms with Crippen molar-refractivity contribution < 1.29 is 19.1 Å². The molecule has 0 saturated heterocycles. The maximum absolute atomic E-state index is 13.8. The van der Waals surface area contributed by atoms with Crippen LogP contribution in [-0.4, -0.2) is 59.7 Å². The Morgan fingerprint density at radius 2 is 1.38 bits per heavy atom. The van der Waals surface area contributed by atoms with Crippen LogP contribution in [0.4, 0.5) is 9.59 Å². The predicted octanol–water partition coefficient (Wildman–Crippen LogP) is 7.32. The molecule has 0 spiro atoms. The Kier molecular flexibility index (Phi) is 14.9. The molecule has 1 heterocycles. The van der Waals surface area contributed by atoms with Crippen molar-refractivity contribution >= 4 is 29.4 Å². The van der Waals surface area contributed by atoms with Gasteiger partial charge in [-0.1, -0.05) is 109 Å². The monoisotopic (exact) mass is 677 g/mol. The third-order valence-corrected chi connectivity index (χ3v) is 9.05. The molecule has 4 amide bonds. The lowest BCUT2D eigenvalue weighted by Crippen LogP contribution is -2.54. The van der Waals surface area contributed by atoms with Gasteiger partial charge in [0, 0.05) is 30.4 Å². The molecular weight excluding hydrogens is 623 g/mol. The van der Waals surface area contributed by atoms with E-state index < -0.39 is 12.1 Å². The Hall–Kier alpha value is -3.92. The molecule has 0 saturated carbocycles. The zero-order chi connectivity index (χ0) is 35.3. The first-order valence-corrected chi connectivity index (χ1v) is 17.9. The number of carbonyl (C=O) groups is 3. The van der Waals surface area contributed by atoms with Gasteiger partial charge in [-0.2, -0.15) is 0 Å². The predicted molar refractivity (Wildman–Crippen MR) is 194 cm³/mol. The third kappa shape index (κ3) is 13.7. The SMILES string of the molecule is CC(C)c1nc(CN(C)C(=O)NC(C(=O)NC(CCC(Cc2ccccc2)NC(=O)OCC(C)(C)C)Cc2ccccc2)C(C)C)cs1. The Bertz CT molecular complexity index is 1420. The molecule has 2 aromatic carbocycles. The Balaban J connectivity index is 1.72. The Labute approximate surface area is 291 Å². The summed E-state index contributed by atoms with van der Waals surface area (Å²) in [6.45, 7) is 14.8. The number of benzene rings is 2. The fraction of sp³-hybridized carbons (Fsp3) is 0.526. The number of ether oxygens (including phenoxy) is 1. The van der Waals surface area contributed by atoms with Crippen LogP contribution in [0.25, 0.3) is 0 Å². The summed E-state index contributed by atoms with van der Waals surface area (Å²) in [7, 11) is 1.71. The molecule has 3 unspecified atom stereocenters. The number of hydrogen-bond donors (Lipinski definition) is 3. The highest BCUT2D eigenvalue weighted by atomic mass is 32.1. The van der Waals surface area contributed by atoms with E-state index in [1.54, 1.807) is 23.3 Å². The summed E-state index contributed by atoms with van der Waals surface area (Å²) < 4.78 is 5.54. The van der Waals surface area contributed by atoms with Crippen molar-refractivity contribution in [2.45, 2.75) is 105 Å². The van der Waals surface area contributed by atoms with Crippen molar-refractivity contribution in [2.75, 3.05) is 13.7 Å². The number of nitrogens with one attached hydrogen (secondary N) is 3. The molecule has 10 heteroatoms. The van der Waals surface area contributed by atoms with Crippen LogP contribution < -0.4 is 16.0 Å². The van der Waals surface area contributed by atoms with Gasteiger partial charge >= 0.3 is 12.1 Å². The molecule has 48 heavy (non-hydrogen) atoms. The van der Waals surface area contributed by atoms with E-state index in [2.05, 4.69) is 34.8 Å². The number of nitrogens with zero attached hydrogens (tertiary/aromatic N) is 2. The Morgan fingerprint density at radius 3 is 1.85 bits per heavy atom. The van der Waals surface area contributed by atoms with Crippen LogP contribution in [0.1, 0.15) is 89.1 Å². The van der Waals surface area contributed by atoms with Crippen molar-refractivity contribution in [3.8, 4) is 0 Å². The molecule has 0 aliphatic heterocycles. The Morgan fingerprint density at radius 1 is 0.833 bits per heavy atom. The van der Waals surface area contributed by atoms with Crippen molar-refractivity contribution in [3.63, 3.8) is 0 Å². The second kappa shape index (κ2) is 18.6. The minimum absolute atomic E-state index is 0.142. The average Bonchev–Trinajstić information content (AvgIpc) is 3.50. The van der Waals surface area contributed by atoms with E-state index >= 15 is 0 Å². The summed E-state index contributed by atoms with van der Waals surface area (Å²) in [4.78, 5) is 46.1. The molecule has 0 aliphatic carbocycles. The normalized spacial score (nSPS) is 13.5. The quantitative estimate of drug-likeness (QED) is 0.147. The smallest absolute Gasteiger partial charge is 0.407 e. The van der Waals surface area contributed by atoms with Crippen LogP contribution in [0, 0.1) is 11.3 Å². The number of rotatable bonds is 16. The largest absolute Gasteiger partial charge is 0.449 e. The number of hydrogen-bond acceptors (Lipinski definition) is 6. The van der Waals surface area contributed by atoms with Crippen LogP contribution in [0.2, 0.25) is 0 Å². The van der Waals surface area contributed by atoms with Crippen molar-refractivity contribution in [1.82, 2.24) is 25.8 Å². The zero-order valence-corrected chi connectivity index (χ0v) is 30.7. The van der Waals surface area contributed by atoms with E-state index in [1.807, 2.05) is 101 Å². The second-order valence-corrected chi connectivity index (χ2v) is 15.4. The molecular formula is C38H55N5O4S. The first-order valence-electron chi connectivity index (χ1n) is 17.0. The first kappa shape index (κ1) is 38.5. The van der Waals surface area contributed by atoms with E-state index in [1.165, 1.54) is 0 Å². The minimum atomic E-state index is -0.731. The summed E-state index contributed by atoms with van der Waals surface area (Å²) >= 11 is 1.59. The molecule has 0 bridgehead atoms. The molecule has 262 valence electrons. The van der Waals surface area contributed by atoms with Crippen molar-refractivity contribution in [1.29, 1.82) is 0 Å². The summed E-state index contributed by atoms with van der Waals surface area (Å²) in [6, 6.07) is 18.6. The van der Waals surface area contributed by atoms with Crippen LogP contribution in [0.5, 0.6) is 0 Å². The van der Waals surface area contributed by atoms with E-state index in [9.17, 15) is 14.4 Å². The number of alkyl carbamates (subject to hydrolysis) is 1. The molecule has 3 N–H and O–H groups in total. The van der Waals surface area contributed by atoms with Crippen molar-refractivity contribution in [3.05, 3.63) is 87.9 Å². The van der Waals surface area contributed by atoms with Crippen LogP contribution in [-0.2, 0) is 28.9 Å². The van der Waals surface area contributed by atoms with E-state index in [0.29, 0.717) is 44.8 Å². The van der Waals surface area contributed by atoms with Crippen molar-refractivity contribution in [2.24, 2.45) is 11.3 Å². The highest BCUT2D eigenvalue weighted by Crippen LogP contribution is 2.20. The van der Waals surface area contributed by atoms with Gasteiger partial charge in [0.15, 0.2) is 0 Å². The summed E-state index contributed by atoms with van der Waals surface area (Å²) in [5.41, 5.74) is 2.88. The molecule has 3 atom stereocenters. The van der Waals surface area contributed by atoms with Gasteiger partial charge < -0.3 is 25.6 Å². The van der Waals surface area contributed by atoms with Gasteiger partial charge in [-0.25, -0.2) is 14.6 Å². The van der Waals surface area contributed by atoms with Gasteiger partial charge in [-0.05, 0) is 48.1 Å². The molecule has 3 rings (SSSR count). The summed E-state index contributed by atoms with van der Waals surface area (Å²) in [5, 5.41) is 12.3. The van der Waals surface area contributed by atoms with Gasteiger partial charge in [-0.15, -0.1) is 11.3 Å². The standard InChI is InChI=1S/C38H55N5O4S/c1-26(2)33(42-36(45)43(8)23-32-24-48-35(40-32)27(3)4)34(44)39-30(21-28-15-11-9-12-16-28)19-20-31(22-29-17-13-10-14-18-29)41-37(46)47-25-38(5,6)7/h9-18,24,26-27,30-31,33H,19-23,25H2,1-8H3,(H,39,44)(H,41,46)(H,42,45). The molecule has 3 aromatic rings. The fourth-order valence-electron chi connectivity index (χ4n) is 5.18. The van der Waals surface area contributed by atoms with Gasteiger partial charge in [-0.3, -0.25) is 4.79 Å². The van der Waals surface area contributed by atoms with Gasteiger partial charge in [0.1, 0.15) is 6.04 Å². The lowest BCUT2D eigenvalue weighted by Gasteiger charge is -2.28. The van der Waals surface area contributed by atoms with Crippen LogP contribution in [0.3, 0.4) is 0 Å². The van der Waals surface area contributed by atoms with Crippen LogP contribution in [0.15, 0.2) is 66.0 Å². The highest BCUT2D eigenvalue weighted by Gasteiger charge is 2.28. The summed E-state index contributed by atoms with van der Waals surface area (Å²) in [6.07, 6.45) is 2.02. The number of aromatic nitrogens is 1. The van der Waals surface area contributed by atoms with Gasteiger partial charge in [0.2, 0.25) is 5.91 Å². The first-order chi connectivity index (χ1) is 22.7. The second-order valence-electron chi connectivity index (χ2n) is 14.5. The number of amides is 4. The number of thiazole rings is 1. The van der Waals surface area contributed by atoms with Crippen LogP contribution >= 0.6 is 11.3 Å². The molecule has 0 fully saturated rings. The molecule has 0 aliphatic rings. The molecule has 1 aromatic heterocycles.